The minimum Gasteiger partial charge on any atom is -0.382 e. The first-order chi connectivity index (χ1) is 6.45. The summed E-state index contributed by atoms with van der Waals surface area (Å²) in [6.07, 6.45) is 1.00. The number of hydrogen-bond acceptors (Lipinski definition) is 4. The smallest absolute Gasteiger partial charge is 0.243 e. The Morgan fingerprint density at radius 2 is 2.07 bits per heavy atom. The Bertz CT molecular complexity index is 166. The average molecular weight is 204 g/mol. The van der Waals surface area contributed by atoms with Crippen LogP contribution in [0.4, 0.5) is 0 Å². The lowest BCUT2D eigenvalue weighted by atomic mass is 10.0. The van der Waals surface area contributed by atoms with Crippen LogP contribution in [0.2, 0.25) is 0 Å². The van der Waals surface area contributed by atoms with Gasteiger partial charge in [0, 0.05) is 19.1 Å². The lowest BCUT2D eigenvalue weighted by Gasteiger charge is -2.17. The van der Waals surface area contributed by atoms with E-state index in [4.69, 9.17) is 15.3 Å². The molecule has 0 rings (SSSR count). The van der Waals surface area contributed by atoms with Gasteiger partial charge in [0.25, 0.3) is 0 Å². The third-order valence-electron chi connectivity index (χ3n) is 1.57. The number of nitrogens with one attached hydrogen (secondary N) is 1. The monoisotopic (exact) mass is 204 g/mol. The van der Waals surface area contributed by atoms with Gasteiger partial charge in [0.1, 0.15) is 0 Å². The molecule has 5 heteroatoms. The number of amides is 1. The molecule has 0 radical (unpaired) electrons. The Morgan fingerprint density at radius 1 is 1.43 bits per heavy atom. The molecule has 0 bridgehead atoms. The van der Waals surface area contributed by atoms with Gasteiger partial charge in [0.15, 0.2) is 0 Å². The van der Waals surface area contributed by atoms with Crippen molar-refractivity contribution in [2.24, 2.45) is 5.73 Å². The van der Waals surface area contributed by atoms with Gasteiger partial charge in [-0.1, -0.05) is 0 Å². The molecule has 0 aliphatic rings. The van der Waals surface area contributed by atoms with E-state index in [1.807, 2.05) is 13.8 Å². The van der Waals surface area contributed by atoms with E-state index in [1.54, 1.807) is 7.11 Å². The molecule has 3 N–H and O–H groups in total. The molecule has 0 saturated heterocycles. The summed E-state index contributed by atoms with van der Waals surface area (Å²) >= 11 is 0. The zero-order chi connectivity index (χ0) is 11.0. The molecule has 0 aromatic heterocycles. The van der Waals surface area contributed by atoms with Crippen LogP contribution in [0.15, 0.2) is 0 Å². The van der Waals surface area contributed by atoms with Gasteiger partial charge in [-0.05, 0) is 20.3 Å². The fourth-order valence-corrected chi connectivity index (χ4v) is 0.743. The molecule has 0 aromatic rings. The number of hydroxylamine groups is 1. The van der Waals surface area contributed by atoms with E-state index in [0.717, 1.165) is 0 Å². The summed E-state index contributed by atoms with van der Waals surface area (Å²) in [5.74, 6) is -0.153. The number of hydrogen-bond donors (Lipinski definition) is 2. The summed E-state index contributed by atoms with van der Waals surface area (Å²) in [6, 6.07) is 0. The SMILES string of the molecule is COCCONC(=O)CCC(C)(C)N. The van der Waals surface area contributed by atoms with Crippen LogP contribution in [0.3, 0.4) is 0 Å². The molecule has 0 spiro atoms. The van der Waals surface area contributed by atoms with E-state index >= 15 is 0 Å². The van der Waals surface area contributed by atoms with E-state index < -0.39 is 0 Å². The minimum absolute atomic E-state index is 0.153. The van der Waals surface area contributed by atoms with Gasteiger partial charge in [-0.15, -0.1) is 0 Å². The molecule has 0 saturated carbocycles. The van der Waals surface area contributed by atoms with Gasteiger partial charge < -0.3 is 10.5 Å². The van der Waals surface area contributed by atoms with Crippen LogP contribution in [0.25, 0.3) is 0 Å². The summed E-state index contributed by atoms with van der Waals surface area (Å²) in [6.45, 7) is 4.58. The van der Waals surface area contributed by atoms with Crippen molar-refractivity contribution in [3.8, 4) is 0 Å². The molecule has 5 nitrogen and oxygen atoms in total. The molecule has 0 unspecified atom stereocenters. The van der Waals surface area contributed by atoms with Gasteiger partial charge in [-0.3, -0.25) is 9.63 Å². The molecule has 0 atom stereocenters. The van der Waals surface area contributed by atoms with Crippen LogP contribution in [-0.4, -0.2) is 31.8 Å². The van der Waals surface area contributed by atoms with Crippen LogP contribution < -0.4 is 11.2 Å². The predicted octanol–water partition coefficient (Wildman–Crippen LogP) is 0.198. The van der Waals surface area contributed by atoms with E-state index in [1.165, 1.54) is 0 Å². The Hall–Kier alpha value is -0.650. The highest BCUT2D eigenvalue weighted by atomic mass is 16.7. The lowest BCUT2D eigenvalue weighted by Crippen LogP contribution is -2.34. The van der Waals surface area contributed by atoms with E-state index in [9.17, 15) is 4.79 Å². The zero-order valence-electron chi connectivity index (χ0n) is 9.13. The van der Waals surface area contributed by atoms with Crippen LogP contribution >= 0.6 is 0 Å². The van der Waals surface area contributed by atoms with Crippen LogP contribution in [0, 0.1) is 0 Å². The molecule has 0 aliphatic heterocycles. The Morgan fingerprint density at radius 3 is 2.57 bits per heavy atom. The van der Waals surface area contributed by atoms with Crippen LogP contribution in [0.5, 0.6) is 0 Å². The molecular weight excluding hydrogens is 184 g/mol. The van der Waals surface area contributed by atoms with Gasteiger partial charge >= 0.3 is 0 Å². The zero-order valence-corrected chi connectivity index (χ0v) is 9.13. The summed E-state index contributed by atoms with van der Waals surface area (Å²) < 4.78 is 4.74. The molecule has 14 heavy (non-hydrogen) atoms. The Kier molecular flexibility index (Phi) is 6.44. The van der Waals surface area contributed by atoms with Gasteiger partial charge in [0.05, 0.1) is 13.2 Å². The van der Waals surface area contributed by atoms with Crippen molar-refractivity contribution in [3.63, 3.8) is 0 Å². The standard InChI is InChI=1S/C9H20N2O3/c1-9(2,10)5-4-8(12)11-14-7-6-13-3/h4-7,10H2,1-3H3,(H,11,12). The highest BCUT2D eigenvalue weighted by Crippen LogP contribution is 2.06. The predicted molar refractivity (Wildman–Crippen MR) is 53.5 cm³/mol. The molecule has 0 aromatic carbocycles. The molecule has 1 amide bonds. The second kappa shape index (κ2) is 6.75. The first kappa shape index (κ1) is 13.4. The highest BCUT2D eigenvalue weighted by molar-refractivity contribution is 5.74. The molecular formula is C9H20N2O3. The third kappa shape index (κ3) is 9.44. The van der Waals surface area contributed by atoms with Crippen molar-refractivity contribution in [2.45, 2.75) is 32.2 Å². The molecule has 0 aliphatic carbocycles. The number of carbonyl (C=O) groups excluding carboxylic acids is 1. The summed E-state index contributed by atoms with van der Waals surface area (Å²) in [5.41, 5.74) is 7.72. The van der Waals surface area contributed by atoms with Gasteiger partial charge in [-0.25, -0.2) is 5.48 Å². The van der Waals surface area contributed by atoms with E-state index in [2.05, 4.69) is 5.48 Å². The minimum atomic E-state index is -0.316. The number of rotatable bonds is 7. The van der Waals surface area contributed by atoms with E-state index in [0.29, 0.717) is 26.1 Å². The topological polar surface area (TPSA) is 73.6 Å². The van der Waals surface area contributed by atoms with Crippen LogP contribution in [0.1, 0.15) is 26.7 Å². The van der Waals surface area contributed by atoms with Crippen molar-refractivity contribution in [3.05, 3.63) is 0 Å². The maximum absolute atomic E-state index is 11.1. The third-order valence-corrected chi connectivity index (χ3v) is 1.57. The second-order valence-corrected chi connectivity index (χ2v) is 3.86. The Labute approximate surface area is 84.9 Å². The highest BCUT2D eigenvalue weighted by Gasteiger charge is 2.12. The van der Waals surface area contributed by atoms with Crippen LogP contribution in [-0.2, 0) is 14.4 Å². The van der Waals surface area contributed by atoms with Gasteiger partial charge in [-0.2, -0.15) is 0 Å². The average Bonchev–Trinajstić information content (AvgIpc) is 2.08. The summed E-state index contributed by atoms with van der Waals surface area (Å²) in [4.78, 5) is 16.0. The molecule has 84 valence electrons. The molecule has 0 fully saturated rings. The van der Waals surface area contributed by atoms with Crippen molar-refractivity contribution in [1.82, 2.24) is 5.48 Å². The molecule has 0 heterocycles. The maximum Gasteiger partial charge on any atom is 0.243 e. The van der Waals surface area contributed by atoms with Crippen molar-refractivity contribution in [2.75, 3.05) is 20.3 Å². The normalized spacial score (nSPS) is 11.4. The first-order valence-corrected chi connectivity index (χ1v) is 4.64. The summed E-state index contributed by atoms with van der Waals surface area (Å²) in [5, 5.41) is 0. The maximum atomic E-state index is 11.1. The fraction of sp³-hybridized carbons (Fsp3) is 0.889. The quantitative estimate of drug-likeness (QED) is 0.459. The first-order valence-electron chi connectivity index (χ1n) is 4.64. The Balaban J connectivity index is 3.38. The van der Waals surface area contributed by atoms with Gasteiger partial charge in [0.2, 0.25) is 5.91 Å². The number of methoxy groups -OCH3 is 1. The van der Waals surface area contributed by atoms with Crippen molar-refractivity contribution in [1.29, 1.82) is 0 Å². The van der Waals surface area contributed by atoms with Crippen molar-refractivity contribution < 1.29 is 14.4 Å². The fourth-order valence-electron chi connectivity index (χ4n) is 0.743. The second-order valence-electron chi connectivity index (χ2n) is 3.86. The largest absolute Gasteiger partial charge is 0.382 e. The van der Waals surface area contributed by atoms with Crippen molar-refractivity contribution >= 4 is 5.91 Å². The lowest BCUT2D eigenvalue weighted by molar-refractivity contribution is -0.134. The number of nitrogens with two attached hydrogens (primary N) is 1. The summed E-state index contributed by atoms with van der Waals surface area (Å²) in [7, 11) is 1.57. The van der Waals surface area contributed by atoms with E-state index in [-0.39, 0.29) is 11.4 Å². The number of carbonyl (C=O) groups is 1. The number of ether oxygens (including phenoxy) is 1.